The predicted octanol–water partition coefficient (Wildman–Crippen LogP) is 0.878. The van der Waals surface area contributed by atoms with Gasteiger partial charge in [-0.15, -0.1) is 0 Å². The molecule has 2 rings (SSSR count). The Morgan fingerprint density at radius 3 is 2.78 bits per heavy atom. The van der Waals surface area contributed by atoms with Gasteiger partial charge in [-0.05, 0) is 24.8 Å². The summed E-state index contributed by atoms with van der Waals surface area (Å²) in [4.78, 5) is 17.4. The molecule has 1 unspecified atom stereocenters. The molecule has 0 saturated carbocycles. The van der Waals surface area contributed by atoms with Crippen LogP contribution in [0.15, 0.2) is 25.0 Å². The summed E-state index contributed by atoms with van der Waals surface area (Å²) in [5, 5.41) is 10.3. The molecule has 1 fully saturated rings. The lowest BCUT2D eigenvalue weighted by Crippen LogP contribution is -2.39. The van der Waals surface area contributed by atoms with Crippen LogP contribution < -0.4 is 0 Å². The molecule has 18 heavy (non-hydrogen) atoms. The third kappa shape index (κ3) is 2.46. The summed E-state index contributed by atoms with van der Waals surface area (Å²) in [6.07, 6.45) is 5.91. The Labute approximate surface area is 107 Å². The molecule has 1 aromatic heterocycles. The van der Waals surface area contributed by atoms with E-state index in [4.69, 9.17) is 0 Å². The average molecular weight is 249 g/mol. The smallest absolute Gasteiger partial charge is 0.245 e. The Balaban J connectivity index is 1.96. The summed E-state index contributed by atoms with van der Waals surface area (Å²) in [7, 11) is 1.88. The molecular weight excluding hydrogens is 230 g/mol. The molecule has 1 aliphatic rings. The van der Waals surface area contributed by atoms with Crippen molar-refractivity contribution in [2.75, 3.05) is 13.1 Å². The molecule has 1 N–H and O–H groups in total. The number of rotatable bonds is 3. The minimum atomic E-state index is -0.550. The SMILES string of the molecule is C=CC(=O)N1CCC(C(O)c2nccn2C)CC1. The second-order valence-corrected chi connectivity index (χ2v) is 4.71. The normalized spacial score (nSPS) is 18.7. The number of likely N-dealkylation sites (tertiary alicyclic amines) is 1. The minimum Gasteiger partial charge on any atom is -0.385 e. The number of carbonyl (C=O) groups is 1. The first-order valence-electron chi connectivity index (χ1n) is 6.20. The van der Waals surface area contributed by atoms with Gasteiger partial charge in [-0.3, -0.25) is 4.79 Å². The summed E-state index contributed by atoms with van der Waals surface area (Å²) >= 11 is 0. The van der Waals surface area contributed by atoms with Gasteiger partial charge >= 0.3 is 0 Å². The lowest BCUT2D eigenvalue weighted by molar-refractivity contribution is -0.128. The molecule has 0 spiro atoms. The first kappa shape index (κ1) is 12.8. The van der Waals surface area contributed by atoms with Gasteiger partial charge in [0.25, 0.3) is 0 Å². The standard InChI is InChI=1S/C13H19N3O2/c1-3-11(17)16-7-4-10(5-8-16)12(18)13-14-6-9-15(13)2/h3,6,9-10,12,18H,1,4-5,7-8H2,2H3. The fraction of sp³-hybridized carbons (Fsp3) is 0.538. The van der Waals surface area contributed by atoms with Crippen molar-refractivity contribution < 1.29 is 9.90 Å². The molecule has 1 aliphatic heterocycles. The molecule has 1 atom stereocenters. The van der Waals surface area contributed by atoms with Crippen LogP contribution in [0.1, 0.15) is 24.8 Å². The molecule has 0 bridgehead atoms. The highest BCUT2D eigenvalue weighted by molar-refractivity contribution is 5.87. The van der Waals surface area contributed by atoms with Crippen molar-refractivity contribution in [3.63, 3.8) is 0 Å². The van der Waals surface area contributed by atoms with E-state index in [0.29, 0.717) is 18.9 Å². The first-order chi connectivity index (χ1) is 8.63. The number of aliphatic hydroxyl groups is 1. The molecule has 0 radical (unpaired) electrons. The van der Waals surface area contributed by atoms with Gasteiger partial charge < -0.3 is 14.6 Å². The highest BCUT2D eigenvalue weighted by Gasteiger charge is 2.29. The number of piperidine rings is 1. The maximum Gasteiger partial charge on any atom is 0.245 e. The zero-order valence-corrected chi connectivity index (χ0v) is 10.6. The number of amides is 1. The third-order valence-electron chi connectivity index (χ3n) is 3.60. The van der Waals surface area contributed by atoms with Crippen LogP contribution in [-0.4, -0.2) is 38.6 Å². The van der Waals surface area contributed by atoms with Crippen molar-refractivity contribution in [3.8, 4) is 0 Å². The van der Waals surface area contributed by atoms with Gasteiger partial charge in [0.2, 0.25) is 5.91 Å². The average Bonchev–Trinajstić information content (AvgIpc) is 2.83. The third-order valence-corrected chi connectivity index (χ3v) is 3.60. The number of imidazole rings is 1. The Morgan fingerprint density at radius 1 is 1.61 bits per heavy atom. The van der Waals surface area contributed by atoms with Crippen LogP contribution in [0.2, 0.25) is 0 Å². The van der Waals surface area contributed by atoms with Crippen LogP contribution in [0.25, 0.3) is 0 Å². The number of hydrogen-bond acceptors (Lipinski definition) is 3. The molecule has 5 heteroatoms. The fourth-order valence-electron chi connectivity index (χ4n) is 2.44. The van der Waals surface area contributed by atoms with Gasteiger partial charge in [-0.2, -0.15) is 0 Å². The molecule has 1 saturated heterocycles. The van der Waals surface area contributed by atoms with Crippen molar-refractivity contribution >= 4 is 5.91 Å². The maximum atomic E-state index is 11.5. The van der Waals surface area contributed by atoms with Crippen molar-refractivity contribution in [2.24, 2.45) is 13.0 Å². The van der Waals surface area contributed by atoms with Crippen molar-refractivity contribution in [2.45, 2.75) is 18.9 Å². The largest absolute Gasteiger partial charge is 0.385 e. The molecular formula is C13H19N3O2. The van der Waals surface area contributed by atoms with Gasteiger partial charge in [0.15, 0.2) is 0 Å². The van der Waals surface area contributed by atoms with Gasteiger partial charge in [-0.1, -0.05) is 6.58 Å². The van der Waals surface area contributed by atoms with Gasteiger partial charge in [0.1, 0.15) is 11.9 Å². The molecule has 2 heterocycles. The number of hydrogen-bond donors (Lipinski definition) is 1. The first-order valence-corrected chi connectivity index (χ1v) is 6.20. The van der Waals surface area contributed by atoms with Crippen molar-refractivity contribution in [1.29, 1.82) is 0 Å². The lowest BCUT2D eigenvalue weighted by Gasteiger charge is -2.33. The van der Waals surface area contributed by atoms with E-state index in [-0.39, 0.29) is 11.8 Å². The second kappa shape index (κ2) is 5.35. The minimum absolute atomic E-state index is 0.0278. The zero-order chi connectivity index (χ0) is 13.1. The molecule has 5 nitrogen and oxygen atoms in total. The molecule has 98 valence electrons. The summed E-state index contributed by atoms with van der Waals surface area (Å²) in [5.74, 6) is 0.836. The van der Waals surface area contributed by atoms with E-state index in [9.17, 15) is 9.90 Å². The molecule has 1 aromatic rings. The number of nitrogens with zero attached hydrogens (tertiary/aromatic N) is 3. The summed E-state index contributed by atoms with van der Waals surface area (Å²) in [6, 6.07) is 0. The Morgan fingerprint density at radius 2 is 2.28 bits per heavy atom. The van der Waals surface area contributed by atoms with E-state index in [1.165, 1.54) is 6.08 Å². The van der Waals surface area contributed by atoms with E-state index in [1.54, 1.807) is 11.1 Å². The number of aryl methyl sites for hydroxylation is 1. The quantitative estimate of drug-likeness (QED) is 0.809. The van der Waals surface area contributed by atoms with Crippen molar-refractivity contribution in [3.05, 3.63) is 30.9 Å². The second-order valence-electron chi connectivity index (χ2n) is 4.71. The van der Waals surface area contributed by atoms with E-state index >= 15 is 0 Å². The van der Waals surface area contributed by atoms with Crippen LogP contribution in [0, 0.1) is 5.92 Å². The van der Waals surface area contributed by atoms with Crippen molar-refractivity contribution in [1.82, 2.24) is 14.5 Å². The van der Waals surface area contributed by atoms with Crippen LogP contribution in [0.5, 0.6) is 0 Å². The Hall–Kier alpha value is -1.62. The molecule has 1 amide bonds. The Kier molecular flexibility index (Phi) is 3.81. The topological polar surface area (TPSA) is 58.4 Å². The van der Waals surface area contributed by atoms with Crippen LogP contribution in [0.4, 0.5) is 0 Å². The number of aromatic nitrogens is 2. The highest BCUT2D eigenvalue weighted by atomic mass is 16.3. The molecule has 0 aliphatic carbocycles. The highest BCUT2D eigenvalue weighted by Crippen LogP contribution is 2.29. The molecule has 0 aromatic carbocycles. The van der Waals surface area contributed by atoms with Crippen LogP contribution in [0.3, 0.4) is 0 Å². The zero-order valence-electron chi connectivity index (χ0n) is 10.6. The van der Waals surface area contributed by atoms with Gasteiger partial charge in [-0.25, -0.2) is 4.98 Å². The van der Waals surface area contributed by atoms with E-state index in [2.05, 4.69) is 11.6 Å². The van der Waals surface area contributed by atoms with E-state index in [0.717, 1.165) is 12.8 Å². The fourth-order valence-corrected chi connectivity index (χ4v) is 2.44. The summed E-state index contributed by atoms with van der Waals surface area (Å²) in [5.41, 5.74) is 0. The predicted molar refractivity (Wildman–Crippen MR) is 67.7 cm³/mol. The number of carbonyl (C=O) groups excluding carboxylic acids is 1. The maximum absolute atomic E-state index is 11.5. The Bertz CT molecular complexity index is 433. The van der Waals surface area contributed by atoms with Crippen LogP contribution >= 0.6 is 0 Å². The van der Waals surface area contributed by atoms with Crippen LogP contribution in [-0.2, 0) is 11.8 Å². The van der Waals surface area contributed by atoms with E-state index in [1.807, 2.05) is 17.8 Å². The summed E-state index contributed by atoms with van der Waals surface area (Å²) < 4.78 is 1.84. The van der Waals surface area contributed by atoms with E-state index < -0.39 is 6.10 Å². The van der Waals surface area contributed by atoms with Gasteiger partial charge in [0.05, 0.1) is 0 Å². The number of aliphatic hydroxyl groups excluding tert-OH is 1. The monoisotopic (exact) mass is 249 g/mol. The lowest BCUT2D eigenvalue weighted by atomic mass is 9.90. The van der Waals surface area contributed by atoms with Gasteiger partial charge in [0, 0.05) is 32.5 Å². The summed E-state index contributed by atoms with van der Waals surface area (Å²) in [6.45, 7) is 4.84.